The predicted molar refractivity (Wildman–Crippen MR) is 45.3 cm³/mol. The summed E-state index contributed by atoms with van der Waals surface area (Å²) in [6, 6.07) is 0. The Morgan fingerprint density at radius 3 is 2.70 bits per heavy atom. The molecule has 1 radical (unpaired) electrons. The number of rotatable bonds is 4. The molecule has 0 bridgehead atoms. The van der Waals surface area contributed by atoms with Crippen molar-refractivity contribution in [1.82, 2.24) is 4.90 Å². The van der Waals surface area contributed by atoms with E-state index in [1.54, 1.807) is 0 Å². The van der Waals surface area contributed by atoms with Gasteiger partial charge in [0.05, 0.1) is 0 Å². The molecule has 57 valence electrons. The van der Waals surface area contributed by atoms with Crippen LogP contribution in [0, 0.1) is 0 Å². The second-order valence-corrected chi connectivity index (χ2v) is 2.06. The molecule has 3 nitrogen and oxygen atoms in total. The molecule has 0 spiro atoms. The quantitative estimate of drug-likeness (QED) is 0.474. The van der Waals surface area contributed by atoms with Crippen LogP contribution in [0.25, 0.3) is 0 Å². The van der Waals surface area contributed by atoms with Gasteiger partial charge < -0.3 is 4.74 Å². The Labute approximate surface area is 70.6 Å². The van der Waals surface area contributed by atoms with Gasteiger partial charge in [0.25, 0.3) is 0 Å². The lowest BCUT2D eigenvalue weighted by Gasteiger charge is -2.15. The molecule has 0 aromatic carbocycles. The summed E-state index contributed by atoms with van der Waals surface area (Å²) in [5.74, 6) is 0. The fraction of sp³-hybridized carbons (Fsp3) is 0.600. The molecule has 0 aliphatic rings. The highest BCUT2D eigenvalue weighted by Gasteiger charge is 2.05. The van der Waals surface area contributed by atoms with E-state index in [2.05, 4.69) is 29.2 Å². The van der Waals surface area contributed by atoms with Gasteiger partial charge in [-0.1, -0.05) is 0 Å². The van der Waals surface area contributed by atoms with E-state index in [1.165, 1.54) is 4.90 Å². The van der Waals surface area contributed by atoms with E-state index in [0.717, 1.165) is 5.55 Å². The van der Waals surface area contributed by atoms with Crippen molar-refractivity contribution in [3.8, 4) is 0 Å². The molecule has 5 heteroatoms. The minimum atomic E-state index is -0.417. The third kappa shape index (κ3) is 3.58. The summed E-state index contributed by atoms with van der Waals surface area (Å²) in [6.07, 6.45) is 0. The number of thiocarbonyl (C=S) groups is 2. The van der Waals surface area contributed by atoms with Gasteiger partial charge in [0.2, 0.25) is 0 Å². The highest BCUT2D eigenvalue weighted by Crippen LogP contribution is 1.89. The SMILES string of the molecule is CCN(COC=S)C([O])=S. The minimum absolute atomic E-state index is 0.155. The monoisotopic (exact) mass is 178 g/mol. The molecule has 0 heterocycles. The minimum Gasteiger partial charge on any atom is -0.469 e. The summed E-state index contributed by atoms with van der Waals surface area (Å²) in [5.41, 5.74) is 1.11. The molecular weight excluding hydrogens is 170 g/mol. The van der Waals surface area contributed by atoms with Crippen molar-refractivity contribution in [2.24, 2.45) is 0 Å². The maximum absolute atomic E-state index is 10.5. The van der Waals surface area contributed by atoms with Crippen LogP contribution in [-0.2, 0) is 9.84 Å². The van der Waals surface area contributed by atoms with E-state index in [9.17, 15) is 5.11 Å². The average Bonchev–Trinajstić information content (AvgIpc) is 1.89. The van der Waals surface area contributed by atoms with E-state index in [4.69, 9.17) is 0 Å². The fourth-order valence-corrected chi connectivity index (χ4v) is 0.636. The lowest BCUT2D eigenvalue weighted by molar-refractivity contribution is 0.169. The summed E-state index contributed by atoms with van der Waals surface area (Å²) in [4.78, 5) is 1.36. The maximum atomic E-state index is 10.5. The van der Waals surface area contributed by atoms with Crippen LogP contribution in [0.1, 0.15) is 6.92 Å². The summed E-state index contributed by atoms with van der Waals surface area (Å²) in [6.45, 7) is 2.52. The summed E-state index contributed by atoms with van der Waals surface area (Å²) < 4.78 is 4.68. The second kappa shape index (κ2) is 5.37. The fourth-order valence-electron chi connectivity index (χ4n) is 0.393. The lowest BCUT2D eigenvalue weighted by atomic mass is 10.7. The van der Waals surface area contributed by atoms with E-state index < -0.39 is 5.17 Å². The topological polar surface area (TPSA) is 32.4 Å². The summed E-state index contributed by atoms with van der Waals surface area (Å²) in [5, 5.41) is 10.1. The van der Waals surface area contributed by atoms with Crippen LogP contribution in [0.4, 0.5) is 0 Å². The third-order valence-electron chi connectivity index (χ3n) is 0.938. The van der Waals surface area contributed by atoms with Crippen molar-refractivity contribution in [3.05, 3.63) is 0 Å². The average molecular weight is 178 g/mol. The molecule has 0 aromatic rings. The molecule has 0 N–H and O–H groups in total. The largest absolute Gasteiger partial charge is 0.469 e. The predicted octanol–water partition coefficient (Wildman–Crippen LogP) is 0.955. The van der Waals surface area contributed by atoms with Gasteiger partial charge in [-0.05, 0) is 31.4 Å². The molecule has 0 unspecified atom stereocenters. The van der Waals surface area contributed by atoms with Gasteiger partial charge in [0, 0.05) is 6.54 Å². The van der Waals surface area contributed by atoms with E-state index >= 15 is 0 Å². The molecule has 0 amide bonds. The van der Waals surface area contributed by atoms with Gasteiger partial charge >= 0.3 is 5.17 Å². The molecule has 0 saturated carbocycles. The Bertz CT molecular complexity index is 129. The molecular formula is C5H8NO2S2. The molecule has 0 atom stereocenters. The normalized spacial score (nSPS) is 8.50. The van der Waals surface area contributed by atoms with Gasteiger partial charge in [-0.25, -0.2) is 0 Å². The number of nitrogens with zero attached hydrogens (tertiary/aromatic N) is 1. The Morgan fingerprint density at radius 2 is 2.40 bits per heavy atom. The van der Waals surface area contributed by atoms with Crippen molar-refractivity contribution in [2.75, 3.05) is 13.3 Å². The van der Waals surface area contributed by atoms with Gasteiger partial charge in [0.15, 0.2) is 6.73 Å². The van der Waals surface area contributed by atoms with Crippen LogP contribution < -0.4 is 0 Å². The van der Waals surface area contributed by atoms with E-state index in [0.29, 0.717) is 6.54 Å². The zero-order valence-corrected chi connectivity index (χ0v) is 7.20. The molecule has 10 heavy (non-hydrogen) atoms. The number of ether oxygens (including phenoxy) is 1. The van der Waals surface area contributed by atoms with Crippen LogP contribution in [0.3, 0.4) is 0 Å². The van der Waals surface area contributed by atoms with Crippen LogP contribution in [0.2, 0.25) is 0 Å². The van der Waals surface area contributed by atoms with Crippen molar-refractivity contribution in [3.63, 3.8) is 0 Å². The first kappa shape index (κ1) is 9.58. The Balaban J connectivity index is 3.60. The first-order chi connectivity index (χ1) is 4.72. The van der Waals surface area contributed by atoms with Crippen molar-refractivity contribution < 1.29 is 9.84 Å². The third-order valence-corrected chi connectivity index (χ3v) is 1.33. The van der Waals surface area contributed by atoms with Gasteiger partial charge in [-0.2, -0.15) is 0 Å². The van der Waals surface area contributed by atoms with Gasteiger partial charge in [-0.15, -0.1) is 0 Å². The second-order valence-electron chi connectivity index (χ2n) is 1.51. The zero-order valence-electron chi connectivity index (χ0n) is 5.57. The Morgan fingerprint density at radius 1 is 1.80 bits per heavy atom. The lowest BCUT2D eigenvalue weighted by Crippen LogP contribution is -2.30. The first-order valence-corrected chi connectivity index (χ1v) is 3.61. The number of hydrogen-bond donors (Lipinski definition) is 0. The molecule has 0 saturated heterocycles. The van der Waals surface area contributed by atoms with Crippen LogP contribution in [-0.4, -0.2) is 28.9 Å². The van der Waals surface area contributed by atoms with Crippen molar-refractivity contribution >= 4 is 35.2 Å². The molecule has 0 aliphatic carbocycles. The molecule has 0 aromatic heterocycles. The highest BCUT2D eigenvalue weighted by atomic mass is 32.1. The smallest absolute Gasteiger partial charge is 0.315 e. The van der Waals surface area contributed by atoms with Gasteiger partial charge in [0.1, 0.15) is 5.55 Å². The standard InChI is InChI=1S/C5H8NO2S2/c1-2-6(5(7)10)3-8-4-9/h4H,2-3H2,1H3. The summed E-state index contributed by atoms with van der Waals surface area (Å²) in [7, 11) is 0. The Kier molecular flexibility index (Phi) is 5.15. The van der Waals surface area contributed by atoms with Gasteiger partial charge in [-0.3, -0.25) is 10.0 Å². The van der Waals surface area contributed by atoms with Crippen LogP contribution in [0.15, 0.2) is 0 Å². The van der Waals surface area contributed by atoms with Crippen molar-refractivity contribution in [2.45, 2.75) is 6.92 Å². The maximum Gasteiger partial charge on any atom is 0.315 e. The summed E-state index contributed by atoms with van der Waals surface area (Å²) >= 11 is 8.76. The molecule has 0 aliphatic heterocycles. The first-order valence-electron chi connectivity index (χ1n) is 2.73. The van der Waals surface area contributed by atoms with E-state index in [1.807, 2.05) is 6.92 Å². The molecule has 0 rings (SSSR count). The van der Waals surface area contributed by atoms with Crippen LogP contribution >= 0.6 is 24.4 Å². The zero-order chi connectivity index (χ0) is 7.98. The van der Waals surface area contributed by atoms with Crippen molar-refractivity contribution in [1.29, 1.82) is 0 Å². The molecule has 0 fully saturated rings. The highest BCUT2D eigenvalue weighted by molar-refractivity contribution is 7.79. The van der Waals surface area contributed by atoms with Crippen LogP contribution in [0.5, 0.6) is 0 Å². The Hall–Kier alpha value is -0.420. The van der Waals surface area contributed by atoms with E-state index in [-0.39, 0.29) is 6.73 Å². The number of hydrogen-bond acceptors (Lipinski definition) is 3.